The highest BCUT2D eigenvalue weighted by atomic mass is 16.5. The van der Waals surface area contributed by atoms with E-state index in [1.807, 2.05) is 72.8 Å². The summed E-state index contributed by atoms with van der Waals surface area (Å²) < 4.78 is 10.9. The molecule has 34 heavy (non-hydrogen) atoms. The van der Waals surface area contributed by atoms with E-state index >= 15 is 0 Å². The second-order valence-corrected chi connectivity index (χ2v) is 8.08. The standard InChI is InChI=1S/C28H24N2O4/c1-33-25-15-13-20(16-26(25)34-2)24-17-23(29-30(24)28(32)19-9-4-3-5-10-19)22-14-12-18-8-6-7-11-21(18)27(22)31/h3-16,24,31H,17H2,1-2H3/t24-/m1/s1. The van der Waals surface area contributed by atoms with Crippen LogP contribution in [-0.2, 0) is 0 Å². The Labute approximate surface area is 197 Å². The van der Waals surface area contributed by atoms with Crippen LogP contribution in [0.5, 0.6) is 17.2 Å². The van der Waals surface area contributed by atoms with Gasteiger partial charge in [0.05, 0.1) is 26.0 Å². The Balaban J connectivity index is 1.60. The van der Waals surface area contributed by atoms with Crippen LogP contribution in [0.1, 0.15) is 33.9 Å². The molecule has 5 rings (SSSR count). The Hall–Kier alpha value is -4.32. The van der Waals surface area contributed by atoms with Crippen LogP contribution in [0.4, 0.5) is 0 Å². The topological polar surface area (TPSA) is 71.4 Å². The van der Waals surface area contributed by atoms with E-state index in [0.717, 1.165) is 16.3 Å². The highest BCUT2D eigenvalue weighted by molar-refractivity contribution is 6.10. The molecule has 0 bridgehead atoms. The van der Waals surface area contributed by atoms with Gasteiger partial charge >= 0.3 is 0 Å². The molecule has 1 amide bonds. The minimum atomic E-state index is -0.367. The lowest BCUT2D eigenvalue weighted by molar-refractivity contribution is 0.0711. The number of hydrogen-bond acceptors (Lipinski definition) is 5. The van der Waals surface area contributed by atoms with Gasteiger partial charge in [0.15, 0.2) is 11.5 Å². The number of carbonyl (C=O) groups excluding carboxylic acids is 1. The second-order valence-electron chi connectivity index (χ2n) is 8.08. The summed E-state index contributed by atoms with van der Waals surface area (Å²) in [5.41, 5.74) is 2.67. The Morgan fingerprint density at radius 2 is 1.65 bits per heavy atom. The van der Waals surface area contributed by atoms with Crippen molar-refractivity contribution in [3.63, 3.8) is 0 Å². The van der Waals surface area contributed by atoms with Gasteiger partial charge in [0.25, 0.3) is 5.91 Å². The maximum atomic E-state index is 13.5. The largest absolute Gasteiger partial charge is 0.507 e. The van der Waals surface area contributed by atoms with Crippen LogP contribution in [0.3, 0.4) is 0 Å². The summed E-state index contributed by atoms with van der Waals surface area (Å²) in [7, 11) is 3.17. The number of rotatable bonds is 5. The third-order valence-electron chi connectivity index (χ3n) is 6.14. The first-order valence-electron chi connectivity index (χ1n) is 11.0. The Morgan fingerprint density at radius 1 is 0.912 bits per heavy atom. The number of benzene rings is 4. The van der Waals surface area contributed by atoms with Crippen LogP contribution in [0.2, 0.25) is 0 Å². The van der Waals surface area contributed by atoms with Crippen molar-refractivity contribution < 1.29 is 19.4 Å². The third-order valence-corrected chi connectivity index (χ3v) is 6.14. The molecule has 1 aliphatic heterocycles. The minimum absolute atomic E-state index is 0.164. The van der Waals surface area contributed by atoms with Gasteiger partial charge in [0, 0.05) is 22.9 Å². The summed E-state index contributed by atoms with van der Waals surface area (Å²) in [6.45, 7) is 0. The SMILES string of the molecule is COc1ccc([C@H]2CC(c3ccc4ccccc4c3O)=NN2C(=O)c2ccccc2)cc1OC. The number of carbonyl (C=O) groups is 1. The van der Waals surface area contributed by atoms with E-state index in [2.05, 4.69) is 0 Å². The van der Waals surface area contributed by atoms with Gasteiger partial charge in [-0.15, -0.1) is 0 Å². The van der Waals surface area contributed by atoms with Gasteiger partial charge in [-0.1, -0.05) is 54.6 Å². The van der Waals surface area contributed by atoms with E-state index in [9.17, 15) is 9.90 Å². The molecule has 0 aromatic heterocycles. The predicted octanol–water partition coefficient (Wildman–Crippen LogP) is 5.55. The van der Waals surface area contributed by atoms with Gasteiger partial charge in [-0.25, -0.2) is 5.01 Å². The summed E-state index contributed by atoms with van der Waals surface area (Å²) in [4.78, 5) is 13.5. The van der Waals surface area contributed by atoms with Gasteiger partial charge in [0.1, 0.15) is 5.75 Å². The number of fused-ring (bicyclic) bond motifs is 1. The van der Waals surface area contributed by atoms with Crippen molar-refractivity contribution >= 4 is 22.4 Å². The summed E-state index contributed by atoms with van der Waals surface area (Å²) in [5, 5.41) is 19.0. The van der Waals surface area contributed by atoms with Crippen LogP contribution >= 0.6 is 0 Å². The first-order chi connectivity index (χ1) is 16.6. The molecule has 1 aliphatic rings. The Kier molecular flexibility index (Phi) is 5.64. The number of methoxy groups -OCH3 is 2. The lowest BCUT2D eigenvalue weighted by Gasteiger charge is -2.23. The maximum absolute atomic E-state index is 13.5. The van der Waals surface area contributed by atoms with Gasteiger partial charge in [-0.3, -0.25) is 4.79 Å². The van der Waals surface area contributed by atoms with Crippen molar-refractivity contribution in [1.82, 2.24) is 5.01 Å². The molecule has 4 aromatic carbocycles. The van der Waals surface area contributed by atoms with Crippen molar-refractivity contribution in [1.29, 1.82) is 0 Å². The number of nitrogens with zero attached hydrogens (tertiary/aromatic N) is 2. The fraction of sp³-hybridized carbons (Fsp3) is 0.143. The van der Waals surface area contributed by atoms with Gasteiger partial charge in [-0.05, 0) is 41.3 Å². The molecule has 0 aliphatic carbocycles. The summed E-state index contributed by atoms with van der Waals surface area (Å²) in [6, 6.07) is 25.8. The molecule has 6 heteroatoms. The van der Waals surface area contributed by atoms with Crippen molar-refractivity contribution in [2.45, 2.75) is 12.5 Å². The lowest BCUT2D eigenvalue weighted by Crippen LogP contribution is -2.27. The number of phenolic OH excluding ortho intramolecular Hbond substituents is 1. The van der Waals surface area contributed by atoms with Crippen LogP contribution in [0.25, 0.3) is 10.8 Å². The van der Waals surface area contributed by atoms with Crippen LogP contribution in [0.15, 0.2) is 90.0 Å². The van der Waals surface area contributed by atoms with Crippen molar-refractivity contribution in [3.8, 4) is 17.2 Å². The number of amides is 1. The predicted molar refractivity (Wildman–Crippen MR) is 132 cm³/mol. The summed E-state index contributed by atoms with van der Waals surface area (Å²) in [6.07, 6.45) is 0.444. The van der Waals surface area contributed by atoms with Gasteiger partial charge in [0.2, 0.25) is 0 Å². The molecule has 4 aromatic rings. The van der Waals surface area contributed by atoms with Crippen molar-refractivity contribution in [2.24, 2.45) is 5.10 Å². The number of hydrazone groups is 1. The average Bonchev–Trinajstić information content (AvgIpc) is 3.34. The third kappa shape index (κ3) is 3.73. The quantitative estimate of drug-likeness (QED) is 0.431. The van der Waals surface area contributed by atoms with E-state index in [4.69, 9.17) is 14.6 Å². The zero-order valence-corrected chi connectivity index (χ0v) is 18.9. The molecule has 0 spiro atoms. The van der Waals surface area contributed by atoms with Gasteiger partial charge in [-0.2, -0.15) is 5.10 Å². The van der Waals surface area contributed by atoms with E-state index in [1.54, 1.807) is 26.4 Å². The van der Waals surface area contributed by atoms with E-state index < -0.39 is 0 Å². The van der Waals surface area contributed by atoms with Crippen LogP contribution < -0.4 is 9.47 Å². The maximum Gasteiger partial charge on any atom is 0.274 e. The normalized spacial score (nSPS) is 15.3. The molecule has 0 fully saturated rings. The summed E-state index contributed by atoms with van der Waals surface area (Å²) in [5.74, 6) is 1.14. The van der Waals surface area contributed by atoms with E-state index in [1.165, 1.54) is 5.01 Å². The molecular weight excluding hydrogens is 428 g/mol. The number of phenols is 1. The Bertz CT molecular complexity index is 1400. The van der Waals surface area contributed by atoms with Crippen molar-refractivity contribution in [2.75, 3.05) is 14.2 Å². The average molecular weight is 453 g/mol. The highest BCUT2D eigenvalue weighted by Gasteiger charge is 2.35. The van der Waals surface area contributed by atoms with E-state index in [-0.39, 0.29) is 17.7 Å². The molecule has 170 valence electrons. The fourth-order valence-corrected chi connectivity index (χ4v) is 4.38. The van der Waals surface area contributed by atoms with E-state index in [0.29, 0.717) is 34.8 Å². The Morgan fingerprint density at radius 3 is 2.41 bits per heavy atom. The lowest BCUT2D eigenvalue weighted by atomic mass is 9.95. The molecule has 0 saturated heterocycles. The number of hydrogen-bond donors (Lipinski definition) is 1. The fourth-order valence-electron chi connectivity index (χ4n) is 4.38. The van der Waals surface area contributed by atoms with Crippen LogP contribution in [0, 0.1) is 0 Å². The number of aromatic hydroxyl groups is 1. The first kappa shape index (κ1) is 21.5. The molecular formula is C28H24N2O4. The number of ether oxygens (including phenoxy) is 2. The second kappa shape index (κ2) is 8.90. The molecule has 0 unspecified atom stereocenters. The monoisotopic (exact) mass is 452 g/mol. The zero-order chi connectivity index (χ0) is 23.7. The molecule has 0 saturated carbocycles. The smallest absolute Gasteiger partial charge is 0.274 e. The molecule has 1 N–H and O–H groups in total. The molecule has 0 radical (unpaired) electrons. The minimum Gasteiger partial charge on any atom is -0.507 e. The van der Waals surface area contributed by atoms with Gasteiger partial charge < -0.3 is 14.6 Å². The van der Waals surface area contributed by atoms with Crippen molar-refractivity contribution in [3.05, 3.63) is 102 Å². The zero-order valence-electron chi connectivity index (χ0n) is 18.9. The first-order valence-corrected chi connectivity index (χ1v) is 11.0. The summed E-state index contributed by atoms with van der Waals surface area (Å²) >= 11 is 0. The molecule has 1 atom stereocenters. The van der Waals surface area contributed by atoms with Crippen LogP contribution in [-0.4, -0.2) is 36.0 Å². The highest BCUT2D eigenvalue weighted by Crippen LogP contribution is 2.40. The molecule has 1 heterocycles. The molecule has 6 nitrogen and oxygen atoms in total.